The molecule has 0 aromatic heterocycles. The Hall–Kier alpha value is -2.44. The molecule has 0 radical (unpaired) electrons. The van der Waals surface area contributed by atoms with Gasteiger partial charge in [0, 0.05) is 38.4 Å². The molecule has 1 saturated heterocycles. The SMILES string of the molecule is Nc1ccc(N2CCN(C=O)CC2)c(NCCC(=O)O)c1. The minimum atomic E-state index is -0.840. The van der Waals surface area contributed by atoms with Gasteiger partial charge in [-0.3, -0.25) is 9.59 Å². The Morgan fingerprint density at radius 1 is 1.33 bits per heavy atom. The zero-order valence-corrected chi connectivity index (χ0v) is 11.8. The number of aliphatic carboxylic acids is 1. The summed E-state index contributed by atoms with van der Waals surface area (Å²) in [6, 6.07) is 5.56. The molecule has 1 aromatic rings. The van der Waals surface area contributed by atoms with Crippen molar-refractivity contribution in [1.82, 2.24) is 4.90 Å². The highest BCUT2D eigenvalue weighted by atomic mass is 16.4. The number of carboxylic acid groups (broad SMARTS) is 1. The van der Waals surface area contributed by atoms with Gasteiger partial charge in [-0.1, -0.05) is 0 Å². The van der Waals surface area contributed by atoms with Crippen LogP contribution in [0.2, 0.25) is 0 Å². The fraction of sp³-hybridized carbons (Fsp3) is 0.429. The van der Waals surface area contributed by atoms with E-state index in [1.165, 1.54) is 0 Å². The molecule has 1 aliphatic rings. The number of carbonyl (C=O) groups excluding carboxylic acids is 1. The lowest BCUT2D eigenvalue weighted by Crippen LogP contribution is -2.45. The number of carboxylic acids is 1. The number of carbonyl (C=O) groups is 2. The lowest BCUT2D eigenvalue weighted by atomic mass is 10.2. The van der Waals surface area contributed by atoms with E-state index < -0.39 is 5.97 Å². The van der Waals surface area contributed by atoms with Crippen LogP contribution in [0.3, 0.4) is 0 Å². The summed E-state index contributed by atoms with van der Waals surface area (Å²) in [7, 11) is 0. The molecule has 21 heavy (non-hydrogen) atoms. The summed E-state index contributed by atoms with van der Waals surface area (Å²) >= 11 is 0. The highest BCUT2D eigenvalue weighted by molar-refractivity contribution is 5.75. The van der Waals surface area contributed by atoms with Gasteiger partial charge in [0.2, 0.25) is 6.41 Å². The Bertz CT molecular complexity index is 513. The number of nitrogens with zero attached hydrogens (tertiary/aromatic N) is 2. The highest BCUT2D eigenvalue weighted by Crippen LogP contribution is 2.29. The number of benzene rings is 1. The number of rotatable bonds is 6. The number of amides is 1. The van der Waals surface area contributed by atoms with Crippen molar-refractivity contribution in [3.63, 3.8) is 0 Å². The summed E-state index contributed by atoms with van der Waals surface area (Å²) in [5, 5.41) is 11.8. The maximum atomic E-state index is 10.7. The quantitative estimate of drug-likeness (QED) is 0.519. The van der Waals surface area contributed by atoms with Crippen LogP contribution in [-0.2, 0) is 9.59 Å². The maximum absolute atomic E-state index is 10.7. The molecule has 1 heterocycles. The van der Waals surface area contributed by atoms with Crippen LogP contribution in [-0.4, -0.2) is 55.1 Å². The van der Waals surface area contributed by atoms with Crippen molar-refractivity contribution in [2.24, 2.45) is 0 Å². The summed E-state index contributed by atoms with van der Waals surface area (Å²) in [6.07, 6.45) is 0.916. The molecule has 1 fully saturated rings. The van der Waals surface area contributed by atoms with Crippen LogP contribution in [0.5, 0.6) is 0 Å². The zero-order chi connectivity index (χ0) is 15.2. The van der Waals surface area contributed by atoms with E-state index in [2.05, 4.69) is 10.2 Å². The van der Waals surface area contributed by atoms with E-state index in [1.807, 2.05) is 18.2 Å². The van der Waals surface area contributed by atoms with Gasteiger partial charge in [-0.05, 0) is 18.2 Å². The monoisotopic (exact) mass is 292 g/mol. The van der Waals surface area contributed by atoms with Crippen LogP contribution < -0.4 is 16.0 Å². The van der Waals surface area contributed by atoms with Gasteiger partial charge in [0.05, 0.1) is 17.8 Å². The lowest BCUT2D eigenvalue weighted by molar-refractivity contribution is -0.136. The third-order valence-corrected chi connectivity index (χ3v) is 3.48. The number of hydrogen-bond acceptors (Lipinski definition) is 5. The second-order valence-electron chi connectivity index (χ2n) is 4.98. The van der Waals surface area contributed by atoms with Crippen molar-refractivity contribution >= 4 is 29.4 Å². The normalized spacial score (nSPS) is 14.9. The van der Waals surface area contributed by atoms with Gasteiger partial charge in [0.25, 0.3) is 0 Å². The van der Waals surface area contributed by atoms with E-state index >= 15 is 0 Å². The molecule has 0 atom stereocenters. The number of piperazine rings is 1. The van der Waals surface area contributed by atoms with E-state index in [1.54, 1.807) is 4.90 Å². The molecule has 0 saturated carbocycles. The minimum Gasteiger partial charge on any atom is -0.481 e. The van der Waals surface area contributed by atoms with Crippen LogP contribution in [0.4, 0.5) is 17.1 Å². The average molecular weight is 292 g/mol. The largest absolute Gasteiger partial charge is 0.481 e. The second kappa shape index (κ2) is 6.83. The maximum Gasteiger partial charge on any atom is 0.305 e. The average Bonchev–Trinajstić information content (AvgIpc) is 2.47. The van der Waals surface area contributed by atoms with E-state index in [0.717, 1.165) is 30.9 Å². The molecule has 1 aromatic carbocycles. The molecule has 1 amide bonds. The third kappa shape index (κ3) is 4.01. The van der Waals surface area contributed by atoms with E-state index in [9.17, 15) is 9.59 Å². The molecule has 2 rings (SSSR count). The van der Waals surface area contributed by atoms with E-state index in [-0.39, 0.29) is 6.42 Å². The highest BCUT2D eigenvalue weighted by Gasteiger charge is 2.18. The van der Waals surface area contributed by atoms with Gasteiger partial charge in [0.15, 0.2) is 0 Å². The van der Waals surface area contributed by atoms with Gasteiger partial charge >= 0.3 is 5.97 Å². The van der Waals surface area contributed by atoms with Crippen molar-refractivity contribution < 1.29 is 14.7 Å². The minimum absolute atomic E-state index is 0.0488. The third-order valence-electron chi connectivity index (χ3n) is 3.48. The van der Waals surface area contributed by atoms with Gasteiger partial charge < -0.3 is 26.0 Å². The predicted molar refractivity (Wildman–Crippen MR) is 81.4 cm³/mol. The Morgan fingerprint density at radius 3 is 2.67 bits per heavy atom. The first-order valence-corrected chi connectivity index (χ1v) is 6.89. The molecule has 0 unspecified atom stereocenters. The number of anilines is 3. The molecule has 0 spiro atoms. The lowest BCUT2D eigenvalue weighted by Gasteiger charge is -2.35. The molecule has 0 bridgehead atoms. The van der Waals surface area contributed by atoms with Gasteiger partial charge in [-0.15, -0.1) is 0 Å². The van der Waals surface area contributed by atoms with Crippen LogP contribution in [0.1, 0.15) is 6.42 Å². The number of nitrogen functional groups attached to an aromatic ring is 1. The molecular weight excluding hydrogens is 272 g/mol. The fourth-order valence-corrected chi connectivity index (χ4v) is 2.34. The zero-order valence-electron chi connectivity index (χ0n) is 11.8. The van der Waals surface area contributed by atoms with Crippen molar-refractivity contribution in [2.45, 2.75) is 6.42 Å². The summed E-state index contributed by atoms with van der Waals surface area (Å²) in [5.74, 6) is -0.840. The summed E-state index contributed by atoms with van der Waals surface area (Å²) in [6.45, 7) is 3.21. The smallest absolute Gasteiger partial charge is 0.305 e. The molecule has 7 heteroatoms. The van der Waals surface area contributed by atoms with Crippen LogP contribution in [0, 0.1) is 0 Å². The first-order chi connectivity index (χ1) is 10.1. The van der Waals surface area contributed by atoms with Crippen molar-refractivity contribution in [1.29, 1.82) is 0 Å². The summed E-state index contributed by atoms with van der Waals surface area (Å²) in [5.41, 5.74) is 8.25. The predicted octanol–water partition coefficient (Wildman–Crippen LogP) is 0.434. The molecule has 0 aliphatic carbocycles. The first kappa shape index (κ1) is 15.0. The van der Waals surface area contributed by atoms with Crippen molar-refractivity contribution in [3.05, 3.63) is 18.2 Å². The van der Waals surface area contributed by atoms with Crippen LogP contribution >= 0.6 is 0 Å². The summed E-state index contributed by atoms with van der Waals surface area (Å²) < 4.78 is 0. The molecule has 4 N–H and O–H groups in total. The Kier molecular flexibility index (Phi) is 4.86. The van der Waals surface area contributed by atoms with Crippen LogP contribution in [0.25, 0.3) is 0 Å². The molecule has 1 aliphatic heterocycles. The Labute approximate surface area is 123 Å². The Balaban J connectivity index is 2.07. The number of hydrogen-bond donors (Lipinski definition) is 3. The Morgan fingerprint density at radius 2 is 2.05 bits per heavy atom. The standard InChI is InChI=1S/C14H20N4O3/c15-11-1-2-13(12(9-11)16-4-3-14(20)21)18-7-5-17(10-19)6-8-18/h1-2,9-10,16H,3-8,15H2,(H,20,21). The second-order valence-corrected chi connectivity index (χ2v) is 4.98. The number of nitrogens with two attached hydrogens (primary N) is 1. The van der Waals surface area contributed by atoms with Gasteiger partial charge in [-0.2, -0.15) is 0 Å². The number of nitrogens with one attached hydrogen (secondary N) is 1. The van der Waals surface area contributed by atoms with Crippen molar-refractivity contribution in [3.8, 4) is 0 Å². The van der Waals surface area contributed by atoms with Crippen LogP contribution in [0.15, 0.2) is 18.2 Å². The first-order valence-electron chi connectivity index (χ1n) is 6.89. The topological polar surface area (TPSA) is 98.9 Å². The van der Waals surface area contributed by atoms with Gasteiger partial charge in [-0.25, -0.2) is 0 Å². The molecule has 114 valence electrons. The molecular formula is C14H20N4O3. The summed E-state index contributed by atoms with van der Waals surface area (Å²) in [4.78, 5) is 25.3. The van der Waals surface area contributed by atoms with Crippen molar-refractivity contribution in [2.75, 3.05) is 48.7 Å². The van der Waals surface area contributed by atoms with E-state index in [4.69, 9.17) is 10.8 Å². The fourth-order valence-electron chi connectivity index (χ4n) is 2.34. The van der Waals surface area contributed by atoms with E-state index in [0.29, 0.717) is 25.3 Å². The van der Waals surface area contributed by atoms with Gasteiger partial charge in [0.1, 0.15) is 0 Å². The molecule has 7 nitrogen and oxygen atoms in total.